The second kappa shape index (κ2) is 4.68. The first-order valence-corrected chi connectivity index (χ1v) is 5.24. The molecule has 5 nitrogen and oxygen atoms in total. The van der Waals surface area contributed by atoms with Crippen LogP contribution in [0.1, 0.15) is 19.7 Å². The van der Waals surface area contributed by atoms with E-state index in [1.807, 2.05) is 6.92 Å². The number of anilines is 1. The van der Waals surface area contributed by atoms with Gasteiger partial charge in [-0.1, -0.05) is 6.92 Å². The first-order valence-electron chi connectivity index (χ1n) is 4.47. The van der Waals surface area contributed by atoms with Crippen LogP contribution in [0.3, 0.4) is 0 Å². The zero-order valence-electron chi connectivity index (χ0n) is 8.32. The third-order valence-electron chi connectivity index (χ3n) is 1.75. The number of aromatic nitrogens is 2. The van der Waals surface area contributed by atoms with E-state index in [1.165, 1.54) is 11.5 Å². The van der Waals surface area contributed by atoms with Crippen LogP contribution >= 0.6 is 11.5 Å². The van der Waals surface area contributed by atoms with Crippen molar-refractivity contribution in [3.8, 4) is 0 Å². The normalized spacial score (nSPS) is 15.1. The van der Waals surface area contributed by atoms with E-state index < -0.39 is 5.60 Å². The molecule has 0 aromatic carbocycles. The summed E-state index contributed by atoms with van der Waals surface area (Å²) in [6, 6.07) is 0. The van der Waals surface area contributed by atoms with Crippen molar-refractivity contribution >= 4 is 16.7 Å². The minimum atomic E-state index is -1.11. The van der Waals surface area contributed by atoms with Crippen LogP contribution in [0.4, 0.5) is 5.13 Å². The van der Waals surface area contributed by atoms with Gasteiger partial charge in [0.1, 0.15) is 11.4 Å². The number of hydrogen-bond donors (Lipinski definition) is 3. The SMILES string of the molecule is CCc1nsc(NCC(C)(O)CO)n1. The minimum Gasteiger partial charge on any atom is -0.393 e. The molecule has 0 aliphatic carbocycles. The van der Waals surface area contributed by atoms with Crippen molar-refractivity contribution in [2.75, 3.05) is 18.5 Å². The van der Waals surface area contributed by atoms with E-state index in [-0.39, 0.29) is 13.2 Å². The molecule has 80 valence electrons. The predicted octanol–water partition coefficient (Wildman–Crippen LogP) is 0.256. The summed E-state index contributed by atoms with van der Waals surface area (Å²) in [6.45, 7) is 3.53. The molecule has 1 atom stereocenters. The molecule has 1 rings (SSSR count). The molecule has 1 heterocycles. The highest BCUT2D eigenvalue weighted by Gasteiger charge is 2.18. The lowest BCUT2D eigenvalue weighted by Gasteiger charge is -2.19. The quantitative estimate of drug-likeness (QED) is 0.659. The Bertz CT molecular complexity index is 288. The van der Waals surface area contributed by atoms with E-state index in [9.17, 15) is 5.11 Å². The Morgan fingerprint density at radius 1 is 1.57 bits per heavy atom. The molecule has 0 aliphatic rings. The van der Waals surface area contributed by atoms with Gasteiger partial charge in [-0.15, -0.1) is 0 Å². The van der Waals surface area contributed by atoms with Crippen LogP contribution in [0, 0.1) is 0 Å². The van der Waals surface area contributed by atoms with E-state index in [1.54, 1.807) is 6.92 Å². The predicted molar refractivity (Wildman–Crippen MR) is 55.5 cm³/mol. The molecule has 0 saturated heterocycles. The fraction of sp³-hybridized carbons (Fsp3) is 0.750. The average molecular weight is 217 g/mol. The monoisotopic (exact) mass is 217 g/mol. The van der Waals surface area contributed by atoms with Crippen molar-refractivity contribution in [1.82, 2.24) is 9.36 Å². The first-order chi connectivity index (χ1) is 6.57. The van der Waals surface area contributed by atoms with Gasteiger partial charge < -0.3 is 15.5 Å². The van der Waals surface area contributed by atoms with Gasteiger partial charge in [0.15, 0.2) is 0 Å². The summed E-state index contributed by atoms with van der Waals surface area (Å²) >= 11 is 1.26. The lowest BCUT2D eigenvalue weighted by Crippen LogP contribution is -2.37. The smallest absolute Gasteiger partial charge is 0.202 e. The van der Waals surface area contributed by atoms with Gasteiger partial charge in [-0.05, 0) is 6.92 Å². The molecule has 1 aromatic rings. The number of hydrogen-bond acceptors (Lipinski definition) is 6. The van der Waals surface area contributed by atoms with Crippen molar-refractivity contribution in [2.45, 2.75) is 25.9 Å². The maximum absolute atomic E-state index is 9.49. The van der Waals surface area contributed by atoms with Crippen molar-refractivity contribution in [3.63, 3.8) is 0 Å². The number of nitrogens with zero attached hydrogens (tertiary/aromatic N) is 2. The minimum absolute atomic E-state index is 0.266. The summed E-state index contributed by atoms with van der Waals surface area (Å²) < 4.78 is 4.09. The Labute approximate surface area is 87.0 Å². The van der Waals surface area contributed by atoms with Gasteiger partial charge in [0.25, 0.3) is 0 Å². The molecular weight excluding hydrogens is 202 g/mol. The Kier molecular flexibility index (Phi) is 3.79. The second-order valence-corrected chi connectivity index (χ2v) is 4.13. The van der Waals surface area contributed by atoms with Gasteiger partial charge in [-0.3, -0.25) is 0 Å². The summed E-state index contributed by atoms with van der Waals surface area (Å²) in [7, 11) is 0. The van der Waals surface area contributed by atoms with Crippen molar-refractivity contribution in [2.24, 2.45) is 0 Å². The molecule has 0 saturated carbocycles. The molecule has 0 amide bonds. The fourth-order valence-electron chi connectivity index (χ4n) is 0.791. The molecule has 0 spiro atoms. The van der Waals surface area contributed by atoms with Gasteiger partial charge >= 0.3 is 0 Å². The van der Waals surface area contributed by atoms with E-state index in [0.29, 0.717) is 5.13 Å². The Morgan fingerprint density at radius 3 is 2.79 bits per heavy atom. The van der Waals surface area contributed by atoms with Crippen LogP contribution < -0.4 is 5.32 Å². The van der Waals surface area contributed by atoms with Crippen molar-refractivity contribution in [1.29, 1.82) is 0 Å². The van der Waals surface area contributed by atoms with Crippen LogP contribution in [0.2, 0.25) is 0 Å². The third kappa shape index (κ3) is 3.21. The Balaban J connectivity index is 2.45. The molecule has 6 heteroatoms. The molecule has 1 unspecified atom stereocenters. The van der Waals surface area contributed by atoms with E-state index in [0.717, 1.165) is 12.2 Å². The number of aliphatic hydroxyl groups excluding tert-OH is 1. The van der Waals surface area contributed by atoms with Gasteiger partial charge in [-0.2, -0.15) is 4.37 Å². The van der Waals surface area contributed by atoms with Crippen LogP contribution in [-0.2, 0) is 6.42 Å². The summed E-state index contributed by atoms with van der Waals surface area (Å²) in [5, 5.41) is 21.9. The van der Waals surface area contributed by atoms with E-state index in [4.69, 9.17) is 5.11 Å². The van der Waals surface area contributed by atoms with Crippen LogP contribution in [0.15, 0.2) is 0 Å². The number of nitrogens with one attached hydrogen (secondary N) is 1. The van der Waals surface area contributed by atoms with Gasteiger partial charge in [0, 0.05) is 24.5 Å². The van der Waals surface area contributed by atoms with Crippen molar-refractivity contribution in [3.05, 3.63) is 5.82 Å². The Hall–Kier alpha value is -0.720. The number of aryl methyl sites for hydroxylation is 1. The molecular formula is C8H15N3O2S. The highest BCUT2D eigenvalue weighted by atomic mass is 32.1. The fourth-order valence-corrected chi connectivity index (χ4v) is 1.44. The maximum Gasteiger partial charge on any atom is 0.202 e. The van der Waals surface area contributed by atoms with Gasteiger partial charge in [0.2, 0.25) is 5.13 Å². The van der Waals surface area contributed by atoms with Crippen molar-refractivity contribution < 1.29 is 10.2 Å². The molecule has 14 heavy (non-hydrogen) atoms. The topological polar surface area (TPSA) is 78.3 Å². The highest BCUT2D eigenvalue weighted by Crippen LogP contribution is 2.12. The lowest BCUT2D eigenvalue weighted by molar-refractivity contribution is 0.0132. The van der Waals surface area contributed by atoms with E-state index >= 15 is 0 Å². The second-order valence-electron chi connectivity index (χ2n) is 3.38. The first kappa shape index (κ1) is 11.4. The van der Waals surface area contributed by atoms with Gasteiger partial charge in [0.05, 0.1) is 6.61 Å². The molecule has 3 N–H and O–H groups in total. The lowest BCUT2D eigenvalue weighted by atomic mass is 10.1. The van der Waals surface area contributed by atoms with E-state index in [2.05, 4.69) is 14.7 Å². The summed E-state index contributed by atoms with van der Waals surface area (Å²) in [5.74, 6) is 0.793. The summed E-state index contributed by atoms with van der Waals surface area (Å²) in [5.41, 5.74) is -1.11. The standard InChI is InChI=1S/C8H15N3O2S/c1-3-6-10-7(14-11-6)9-4-8(2,13)5-12/h12-13H,3-5H2,1-2H3,(H,9,10,11). The molecule has 0 bridgehead atoms. The number of rotatable bonds is 5. The zero-order valence-corrected chi connectivity index (χ0v) is 9.13. The zero-order chi connectivity index (χ0) is 10.6. The highest BCUT2D eigenvalue weighted by molar-refractivity contribution is 7.09. The molecule has 0 fully saturated rings. The van der Waals surface area contributed by atoms with Crippen LogP contribution in [0.25, 0.3) is 0 Å². The average Bonchev–Trinajstić information content (AvgIpc) is 2.63. The third-order valence-corrected chi connectivity index (χ3v) is 2.46. The summed E-state index contributed by atoms with van der Waals surface area (Å²) in [6.07, 6.45) is 0.800. The van der Waals surface area contributed by atoms with Crippen LogP contribution in [-0.4, -0.2) is 38.3 Å². The maximum atomic E-state index is 9.49. The molecule has 1 aromatic heterocycles. The Morgan fingerprint density at radius 2 is 2.29 bits per heavy atom. The molecule has 0 aliphatic heterocycles. The van der Waals surface area contributed by atoms with Gasteiger partial charge in [-0.25, -0.2) is 4.98 Å². The molecule has 0 radical (unpaired) electrons. The summed E-state index contributed by atoms with van der Waals surface area (Å²) in [4.78, 5) is 4.17. The largest absolute Gasteiger partial charge is 0.393 e. The van der Waals surface area contributed by atoms with Crippen LogP contribution in [0.5, 0.6) is 0 Å². The number of aliphatic hydroxyl groups is 2.